The van der Waals surface area contributed by atoms with Gasteiger partial charge in [-0.05, 0) is 30.4 Å². The van der Waals surface area contributed by atoms with Crippen molar-refractivity contribution in [3.63, 3.8) is 0 Å². The summed E-state index contributed by atoms with van der Waals surface area (Å²) >= 11 is 5.75. The number of nitrogens with zero attached hydrogens (tertiary/aromatic N) is 3. The first-order chi connectivity index (χ1) is 8.28. The molecule has 0 bridgehead atoms. The standard InChI is InChI=1S/C10H16ClN5O/c1-12-9-14-8(11)15-10(16-9)13-4-5-17-6-7-2-3-7/h7H,2-6H2,1H3,(H2,12,13,14,15,16). The summed E-state index contributed by atoms with van der Waals surface area (Å²) in [5.41, 5.74) is 0. The van der Waals surface area contributed by atoms with Crippen molar-refractivity contribution in [1.82, 2.24) is 15.0 Å². The Morgan fingerprint density at radius 3 is 2.76 bits per heavy atom. The Labute approximate surface area is 105 Å². The number of anilines is 2. The lowest BCUT2D eigenvalue weighted by molar-refractivity contribution is 0.133. The molecular weight excluding hydrogens is 242 g/mol. The summed E-state index contributed by atoms with van der Waals surface area (Å²) < 4.78 is 5.48. The molecule has 7 heteroatoms. The van der Waals surface area contributed by atoms with Gasteiger partial charge in [-0.15, -0.1) is 0 Å². The van der Waals surface area contributed by atoms with E-state index in [0.717, 1.165) is 12.5 Å². The van der Waals surface area contributed by atoms with E-state index in [1.807, 2.05) is 0 Å². The number of aromatic nitrogens is 3. The summed E-state index contributed by atoms with van der Waals surface area (Å²) in [5, 5.41) is 6.03. The molecule has 1 aliphatic carbocycles. The summed E-state index contributed by atoms with van der Waals surface area (Å²) in [7, 11) is 1.73. The highest BCUT2D eigenvalue weighted by molar-refractivity contribution is 6.28. The molecule has 0 saturated heterocycles. The van der Waals surface area contributed by atoms with Gasteiger partial charge in [0.2, 0.25) is 17.2 Å². The molecule has 0 unspecified atom stereocenters. The van der Waals surface area contributed by atoms with Crippen LogP contribution in [-0.2, 0) is 4.74 Å². The molecule has 1 heterocycles. The third kappa shape index (κ3) is 4.32. The molecule has 1 aromatic heterocycles. The lowest BCUT2D eigenvalue weighted by Crippen LogP contribution is -2.13. The topological polar surface area (TPSA) is 72.0 Å². The molecule has 0 atom stereocenters. The highest BCUT2D eigenvalue weighted by Crippen LogP contribution is 2.28. The maximum absolute atomic E-state index is 5.75. The van der Waals surface area contributed by atoms with E-state index in [2.05, 4.69) is 25.6 Å². The van der Waals surface area contributed by atoms with Crippen LogP contribution in [0.5, 0.6) is 0 Å². The number of ether oxygens (including phenoxy) is 1. The molecular formula is C10H16ClN5O. The van der Waals surface area contributed by atoms with Gasteiger partial charge in [0, 0.05) is 20.2 Å². The molecule has 0 spiro atoms. The van der Waals surface area contributed by atoms with Crippen LogP contribution in [0.2, 0.25) is 5.28 Å². The number of hydrogen-bond donors (Lipinski definition) is 2. The van der Waals surface area contributed by atoms with Gasteiger partial charge in [-0.3, -0.25) is 0 Å². The van der Waals surface area contributed by atoms with Gasteiger partial charge in [-0.2, -0.15) is 15.0 Å². The van der Waals surface area contributed by atoms with E-state index >= 15 is 0 Å². The van der Waals surface area contributed by atoms with Crippen LogP contribution in [0.15, 0.2) is 0 Å². The van der Waals surface area contributed by atoms with E-state index in [4.69, 9.17) is 16.3 Å². The maximum atomic E-state index is 5.75. The van der Waals surface area contributed by atoms with Crippen LogP contribution in [0.25, 0.3) is 0 Å². The second-order valence-electron chi connectivity index (χ2n) is 3.95. The van der Waals surface area contributed by atoms with Crippen LogP contribution in [-0.4, -0.2) is 41.8 Å². The van der Waals surface area contributed by atoms with E-state index in [9.17, 15) is 0 Å². The van der Waals surface area contributed by atoms with E-state index in [0.29, 0.717) is 25.0 Å². The highest BCUT2D eigenvalue weighted by Gasteiger charge is 2.20. The van der Waals surface area contributed by atoms with Gasteiger partial charge >= 0.3 is 0 Å². The van der Waals surface area contributed by atoms with Gasteiger partial charge in [0.05, 0.1) is 6.61 Å². The van der Waals surface area contributed by atoms with Crippen molar-refractivity contribution in [2.75, 3.05) is 37.4 Å². The Kier molecular flexibility index (Phi) is 4.33. The van der Waals surface area contributed by atoms with E-state index < -0.39 is 0 Å². The maximum Gasteiger partial charge on any atom is 0.228 e. The lowest BCUT2D eigenvalue weighted by atomic mass is 10.5. The molecule has 0 aromatic carbocycles. The first-order valence-electron chi connectivity index (χ1n) is 5.69. The Bertz CT molecular complexity index is 372. The zero-order chi connectivity index (χ0) is 12.1. The van der Waals surface area contributed by atoms with Crippen molar-refractivity contribution in [3.8, 4) is 0 Å². The highest BCUT2D eigenvalue weighted by atomic mass is 35.5. The normalized spacial score (nSPS) is 14.7. The number of rotatable bonds is 7. The summed E-state index contributed by atoms with van der Waals surface area (Å²) in [6.07, 6.45) is 2.62. The van der Waals surface area contributed by atoms with Crippen LogP contribution >= 0.6 is 11.6 Å². The molecule has 1 aliphatic rings. The minimum Gasteiger partial charge on any atom is -0.379 e. The first-order valence-corrected chi connectivity index (χ1v) is 6.06. The van der Waals surface area contributed by atoms with Crippen molar-refractivity contribution in [1.29, 1.82) is 0 Å². The van der Waals surface area contributed by atoms with E-state index in [1.54, 1.807) is 7.05 Å². The lowest BCUT2D eigenvalue weighted by Gasteiger charge is -2.06. The minimum absolute atomic E-state index is 0.172. The molecule has 6 nitrogen and oxygen atoms in total. The fourth-order valence-electron chi connectivity index (χ4n) is 1.31. The van der Waals surface area contributed by atoms with Crippen LogP contribution in [0, 0.1) is 5.92 Å². The second kappa shape index (κ2) is 5.97. The molecule has 2 rings (SSSR count). The van der Waals surface area contributed by atoms with Gasteiger partial charge < -0.3 is 15.4 Å². The van der Waals surface area contributed by atoms with Gasteiger partial charge in [0.15, 0.2) is 0 Å². The summed E-state index contributed by atoms with van der Waals surface area (Å²) in [5.74, 6) is 1.70. The van der Waals surface area contributed by atoms with Gasteiger partial charge in [0.25, 0.3) is 0 Å². The number of halogens is 1. The minimum atomic E-state index is 0.172. The predicted molar refractivity (Wildman–Crippen MR) is 66.4 cm³/mol. The molecule has 17 heavy (non-hydrogen) atoms. The third-order valence-corrected chi connectivity index (χ3v) is 2.58. The van der Waals surface area contributed by atoms with Crippen molar-refractivity contribution >= 4 is 23.5 Å². The Hall–Kier alpha value is -1.14. The van der Waals surface area contributed by atoms with Crippen molar-refractivity contribution in [3.05, 3.63) is 5.28 Å². The average Bonchev–Trinajstić information content (AvgIpc) is 3.12. The average molecular weight is 258 g/mol. The fraction of sp³-hybridized carbons (Fsp3) is 0.700. The van der Waals surface area contributed by atoms with Crippen molar-refractivity contribution in [2.24, 2.45) is 5.92 Å². The molecule has 0 amide bonds. The summed E-state index contributed by atoms with van der Waals surface area (Å²) in [6.45, 7) is 2.17. The predicted octanol–water partition coefficient (Wildman–Crippen LogP) is 1.41. The zero-order valence-corrected chi connectivity index (χ0v) is 10.5. The number of hydrogen-bond acceptors (Lipinski definition) is 6. The largest absolute Gasteiger partial charge is 0.379 e. The quantitative estimate of drug-likeness (QED) is 0.720. The molecule has 1 fully saturated rings. The van der Waals surface area contributed by atoms with Gasteiger partial charge in [-0.1, -0.05) is 0 Å². The van der Waals surface area contributed by atoms with Crippen molar-refractivity contribution in [2.45, 2.75) is 12.8 Å². The van der Waals surface area contributed by atoms with Crippen molar-refractivity contribution < 1.29 is 4.74 Å². The monoisotopic (exact) mass is 257 g/mol. The molecule has 1 saturated carbocycles. The summed E-state index contributed by atoms with van der Waals surface area (Å²) in [6, 6.07) is 0. The third-order valence-electron chi connectivity index (χ3n) is 2.41. The smallest absolute Gasteiger partial charge is 0.228 e. The molecule has 0 radical (unpaired) electrons. The van der Waals surface area contributed by atoms with Crippen LogP contribution < -0.4 is 10.6 Å². The Morgan fingerprint density at radius 1 is 1.29 bits per heavy atom. The Balaban J connectivity index is 1.71. The fourth-order valence-corrected chi connectivity index (χ4v) is 1.47. The van der Waals surface area contributed by atoms with E-state index in [-0.39, 0.29) is 5.28 Å². The van der Waals surface area contributed by atoms with E-state index in [1.165, 1.54) is 12.8 Å². The summed E-state index contributed by atoms with van der Waals surface area (Å²) in [4.78, 5) is 12.0. The first kappa shape index (κ1) is 12.3. The zero-order valence-electron chi connectivity index (χ0n) is 9.74. The van der Waals surface area contributed by atoms with Crippen LogP contribution in [0.3, 0.4) is 0 Å². The Morgan fingerprint density at radius 2 is 2.06 bits per heavy atom. The molecule has 0 aliphatic heterocycles. The van der Waals surface area contributed by atoms with Gasteiger partial charge in [0.1, 0.15) is 0 Å². The SMILES string of the molecule is CNc1nc(Cl)nc(NCCOCC2CC2)n1. The van der Waals surface area contributed by atoms with Crippen LogP contribution in [0.4, 0.5) is 11.9 Å². The molecule has 1 aromatic rings. The second-order valence-corrected chi connectivity index (χ2v) is 4.28. The van der Waals surface area contributed by atoms with Crippen LogP contribution in [0.1, 0.15) is 12.8 Å². The number of nitrogens with one attached hydrogen (secondary N) is 2. The molecule has 2 N–H and O–H groups in total. The molecule has 94 valence electrons. The van der Waals surface area contributed by atoms with Gasteiger partial charge in [-0.25, -0.2) is 0 Å².